The SMILES string of the molecule is O=C[B]N1C(=O)CC[C@H]1Cc1ccc(Br)cc1Cl. The molecule has 1 aromatic rings. The molecule has 1 fully saturated rings. The third-order valence-corrected chi connectivity index (χ3v) is 3.91. The number of amides is 1. The van der Waals surface area contributed by atoms with Gasteiger partial charge in [0.15, 0.2) is 0 Å². The van der Waals surface area contributed by atoms with Crippen molar-refractivity contribution in [3.8, 4) is 0 Å². The van der Waals surface area contributed by atoms with Crippen LogP contribution in [0, 0.1) is 0 Å². The van der Waals surface area contributed by atoms with Crippen LogP contribution in [0.2, 0.25) is 5.02 Å². The molecule has 3 nitrogen and oxygen atoms in total. The Morgan fingerprint density at radius 1 is 1.56 bits per heavy atom. The summed E-state index contributed by atoms with van der Waals surface area (Å²) >= 11 is 9.51. The van der Waals surface area contributed by atoms with E-state index in [2.05, 4.69) is 15.9 Å². The van der Waals surface area contributed by atoms with E-state index in [9.17, 15) is 9.59 Å². The zero-order chi connectivity index (χ0) is 13.1. The lowest BCUT2D eigenvalue weighted by atomic mass is 9.91. The molecule has 0 spiro atoms. The van der Waals surface area contributed by atoms with Gasteiger partial charge in [0, 0.05) is 22.0 Å². The van der Waals surface area contributed by atoms with Gasteiger partial charge in [0.2, 0.25) is 5.91 Å². The maximum Gasteiger partial charge on any atom is 0.331 e. The number of nitrogens with zero attached hydrogens (tertiary/aromatic N) is 1. The highest BCUT2D eigenvalue weighted by atomic mass is 79.9. The molecule has 1 aromatic carbocycles. The van der Waals surface area contributed by atoms with Gasteiger partial charge < -0.3 is 9.61 Å². The summed E-state index contributed by atoms with van der Waals surface area (Å²) in [6, 6.07) is 5.72. The van der Waals surface area contributed by atoms with Crippen molar-refractivity contribution in [3.05, 3.63) is 33.3 Å². The summed E-state index contributed by atoms with van der Waals surface area (Å²) in [7, 11) is 1.31. The van der Waals surface area contributed by atoms with E-state index in [1.54, 1.807) is 0 Å². The van der Waals surface area contributed by atoms with Gasteiger partial charge in [0.1, 0.15) is 6.19 Å². The fourth-order valence-corrected chi connectivity index (χ4v) is 2.92. The van der Waals surface area contributed by atoms with Crippen LogP contribution in [0.5, 0.6) is 0 Å². The number of hydrogen-bond acceptors (Lipinski definition) is 2. The second-order valence-corrected chi connectivity index (χ2v) is 5.54. The van der Waals surface area contributed by atoms with E-state index < -0.39 is 0 Å². The molecule has 0 bridgehead atoms. The molecule has 0 saturated carbocycles. The van der Waals surface area contributed by atoms with E-state index in [1.807, 2.05) is 18.2 Å². The van der Waals surface area contributed by atoms with Gasteiger partial charge in [0.25, 0.3) is 0 Å². The molecular formula is C12H11BBrClNO2. The van der Waals surface area contributed by atoms with E-state index in [4.69, 9.17) is 11.6 Å². The molecule has 0 unspecified atom stereocenters. The Morgan fingerprint density at radius 3 is 3.00 bits per heavy atom. The van der Waals surface area contributed by atoms with Crippen molar-refractivity contribution < 1.29 is 9.59 Å². The van der Waals surface area contributed by atoms with Gasteiger partial charge in [-0.05, 0) is 30.5 Å². The van der Waals surface area contributed by atoms with Crippen molar-refractivity contribution in [3.63, 3.8) is 0 Å². The molecule has 1 radical (unpaired) electrons. The second-order valence-electron chi connectivity index (χ2n) is 4.22. The topological polar surface area (TPSA) is 37.4 Å². The summed E-state index contributed by atoms with van der Waals surface area (Å²) in [6.07, 6.45) is 2.57. The smallest absolute Gasteiger partial charge is 0.331 e. The van der Waals surface area contributed by atoms with Gasteiger partial charge in [-0.15, -0.1) is 0 Å². The number of halogens is 2. The maximum atomic E-state index is 11.6. The Morgan fingerprint density at radius 2 is 2.33 bits per heavy atom. The third-order valence-electron chi connectivity index (χ3n) is 3.06. The van der Waals surface area contributed by atoms with Gasteiger partial charge in [-0.3, -0.25) is 4.79 Å². The number of carbonyl (C=O) groups is 2. The van der Waals surface area contributed by atoms with Gasteiger partial charge in [-0.2, -0.15) is 0 Å². The molecule has 0 aliphatic carbocycles. The minimum atomic E-state index is 0.000309. The van der Waals surface area contributed by atoms with Crippen LogP contribution in [-0.4, -0.2) is 30.4 Å². The highest BCUT2D eigenvalue weighted by molar-refractivity contribution is 9.10. The standard InChI is InChI=1S/C12H11BBrClNO2/c14-9-2-1-8(11(15)6-9)5-10-3-4-12(18)16(10)13-7-17/h1-2,6-7,10H,3-5H2/t10-/m0/s1. The summed E-state index contributed by atoms with van der Waals surface area (Å²) in [5.41, 5.74) is 0.990. The van der Waals surface area contributed by atoms with Crippen LogP contribution in [0.3, 0.4) is 0 Å². The van der Waals surface area contributed by atoms with Gasteiger partial charge in [-0.25, -0.2) is 0 Å². The van der Waals surface area contributed by atoms with Crippen molar-refractivity contribution in [2.24, 2.45) is 0 Å². The summed E-state index contributed by atoms with van der Waals surface area (Å²) in [4.78, 5) is 23.7. The van der Waals surface area contributed by atoms with Crippen LogP contribution < -0.4 is 0 Å². The summed E-state index contributed by atoms with van der Waals surface area (Å²) in [5, 5.41) is 0.676. The number of rotatable bonds is 4. The molecule has 1 amide bonds. The summed E-state index contributed by atoms with van der Waals surface area (Å²) in [6.45, 7) is 0. The zero-order valence-electron chi connectivity index (χ0n) is 9.61. The Labute approximate surface area is 120 Å². The number of benzene rings is 1. The average Bonchev–Trinajstić information content (AvgIpc) is 2.66. The third kappa shape index (κ3) is 2.95. The Balaban J connectivity index is 2.13. The Bertz CT molecular complexity index is 483. The molecule has 0 aromatic heterocycles. The van der Waals surface area contributed by atoms with Gasteiger partial charge >= 0.3 is 7.41 Å². The highest BCUT2D eigenvalue weighted by Crippen LogP contribution is 2.27. The normalized spacial score (nSPS) is 19.1. The van der Waals surface area contributed by atoms with Crippen LogP contribution >= 0.6 is 27.5 Å². The van der Waals surface area contributed by atoms with E-state index in [0.29, 0.717) is 24.0 Å². The van der Waals surface area contributed by atoms with Crippen molar-refractivity contribution in [2.45, 2.75) is 25.3 Å². The summed E-state index contributed by atoms with van der Waals surface area (Å²) < 4.78 is 0.926. The minimum absolute atomic E-state index is 0.000309. The average molecular weight is 327 g/mol. The molecule has 1 aliphatic rings. The largest absolute Gasteiger partial charge is 0.380 e. The molecular weight excluding hydrogens is 316 g/mol. The number of carbonyl (C=O) groups excluding carboxylic acids is 2. The summed E-state index contributed by atoms with van der Waals surface area (Å²) in [5.74, 6) is 0.000309. The first-order valence-electron chi connectivity index (χ1n) is 5.65. The zero-order valence-corrected chi connectivity index (χ0v) is 11.9. The van der Waals surface area contributed by atoms with Crippen molar-refractivity contribution in [2.75, 3.05) is 0 Å². The number of hydrogen-bond donors (Lipinski definition) is 0. The Hall–Kier alpha value is -0.805. The van der Waals surface area contributed by atoms with Crippen LogP contribution in [0.15, 0.2) is 22.7 Å². The van der Waals surface area contributed by atoms with Gasteiger partial charge in [-0.1, -0.05) is 33.6 Å². The van der Waals surface area contributed by atoms with E-state index in [-0.39, 0.29) is 11.9 Å². The fourth-order valence-electron chi connectivity index (χ4n) is 2.17. The van der Waals surface area contributed by atoms with E-state index in [1.165, 1.54) is 12.2 Å². The molecule has 18 heavy (non-hydrogen) atoms. The first-order chi connectivity index (χ1) is 8.61. The Kier molecular flexibility index (Phi) is 4.46. The molecule has 6 heteroatoms. The lowest BCUT2D eigenvalue weighted by Gasteiger charge is -2.22. The van der Waals surface area contributed by atoms with Crippen LogP contribution in [0.1, 0.15) is 18.4 Å². The quantitative estimate of drug-likeness (QED) is 0.629. The lowest BCUT2D eigenvalue weighted by Crippen LogP contribution is -2.38. The predicted molar refractivity (Wildman–Crippen MR) is 75.2 cm³/mol. The maximum absolute atomic E-state index is 11.6. The molecule has 93 valence electrons. The minimum Gasteiger partial charge on any atom is -0.380 e. The van der Waals surface area contributed by atoms with Crippen LogP contribution in [0.4, 0.5) is 0 Å². The van der Waals surface area contributed by atoms with Gasteiger partial charge in [0.05, 0.1) is 0 Å². The lowest BCUT2D eigenvalue weighted by molar-refractivity contribution is -0.124. The molecule has 1 aliphatic heterocycles. The molecule has 2 rings (SSSR count). The molecule has 0 N–H and O–H groups in total. The monoisotopic (exact) mass is 326 g/mol. The fraction of sp³-hybridized carbons (Fsp3) is 0.333. The first-order valence-corrected chi connectivity index (χ1v) is 6.82. The second kappa shape index (κ2) is 5.89. The molecule has 1 heterocycles. The van der Waals surface area contributed by atoms with Crippen molar-refractivity contribution in [1.82, 2.24) is 4.81 Å². The van der Waals surface area contributed by atoms with Crippen LogP contribution in [0.25, 0.3) is 0 Å². The molecule has 1 atom stereocenters. The van der Waals surface area contributed by atoms with Crippen molar-refractivity contribution in [1.29, 1.82) is 0 Å². The van der Waals surface area contributed by atoms with Crippen LogP contribution in [-0.2, 0) is 16.0 Å². The molecule has 1 saturated heterocycles. The van der Waals surface area contributed by atoms with E-state index in [0.717, 1.165) is 16.5 Å². The van der Waals surface area contributed by atoms with E-state index >= 15 is 0 Å². The first kappa shape index (κ1) is 13.6. The predicted octanol–water partition coefficient (Wildman–Crippen LogP) is 2.45. The highest BCUT2D eigenvalue weighted by Gasteiger charge is 2.31. The van der Waals surface area contributed by atoms with Crippen molar-refractivity contribution >= 4 is 47.0 Å².